The molecule has 0 atom stereocenters. The van der Waals surface area contributed by atoms with E-state index in [1.165, 1.54) is 18.3 Å². The van der Waals surface area contributed by atoms with E-state index in [0.717, 1.165) is 16.5 Å². The van der Waals surface area contributed by atoms with E-state index in [9.17, 15) is 9.18 Å². The monoisotopic (exact) mass is 309 g/mol. The van der Waals surface area contributed by atoms with Crippen LogP contribution in [0.4, 0.5) is 4.39 Å². The van der Waals surface area contributed by atoms with Gasteiger partial charge >= 0.3 is 0 Å². The van der Waals surface area contributed by atoms with Crippen molar-refractivity contribution in [1.29, 1.82) is 0 Å². The topological polar surface area (TPSA) is 57.2 Å². The summed E-state index contributed by atoms with van der Waals surface area (Å²) in [6.45, 7) is 0. The summed E-state index contributed by atoms with van der Waals surface area (Å²) >= 11 is 0. The van der Waals surface area contributed by atoms with Gasteiger partial charge in [-0.1, -0.05) is 30.3 Å². The number of aryl methyl sites for hydroxylation is 1. The SMILES string of the molecule is O=C(CCc1c[nH]c2ccccc12)NN=Cc1cccc(F)c1. The molecule has 0 aliphatic carbocycles. The number of hydrazone groups is 1. The highest BCUT2D eigenvalue weighted by Gasteiger charge is 2.05. The fourth-order valence-corrected chi connectivity index (χ4v) is 2.41. The molecule has 0 aliphatic rings. The number of amides is 1. The molecular weight excluding hydrogens is 293 g/mol. The molecule has 1 amide bonds. The maximum Gasteiger partial charge on any atom is 0.240 e. The molecule has 0 aliphatic heterocycles. The number of nitrogens with one attached hydrogen (secondary N) is 2. The summed E-state index contributed by atoms with van der Waals surface area (Å²) in [5.74, 6) is -0.512. The van der Waals surface area contributed by atoms with Crippen molar-refractivity contribution in [3.63, 3.8) is 0 Å². The van der Waals surface area contributed by atoms with Gasteiger partial charge in [-0.2, -0.15) is 5.10 Å². The number of halogens is 1. The zero-order valence-corrected chi connectivity index (χ0v) is 12.4. The molecule has 3 aromatic rings. The summed E-state index contributed by atoms with van der Waals surface area (Å²) in [5, 5.41) is 4.97. The van der Waals surface area contributed by atoms with Crippen molar-refractivity contribution in [2.45, 2.75) is 12.8 Å². The molecular formula is C18H16FN3O. The molecule has 0 unspecified atom stereocenters. The van der Waals surface area contributed by atoms with Gasteiger partial charge in [0, 0.05) is 23.5 Å². The van der Waals surface area contributed by atoms with Crippen LogP contribution in [0.1, 0.15) is 17.5 Å². The van der Waals surface area contributed by atoms with Gasteiger partial charge < -0.3 is 4.98 Å². The first kappa shape index (κ1) is 15.0. The number of carbonyl (C=O) groups is 1. The van der Waals surface area contributed by atoms with Crippen LogP contribution in [0, 0.1) is 5.82 Å². The van der Waals surface area contributed by atoms with Crippen LogP contribution >= 0.6 is 0 Å². The smallest absolute Gasteiger partial charge is 0.240 e. The van der Waals surface area contributed by atoms with E-state index in [2.05, 4.69) is 15.5 Å². The Morgan fingerprint density at radius 2 is 2.09 bits per heavy atom. The number of benzene rings is 2. The van der Waals surface area contributed by atoms with Crippen LogP contribution in [0.15, 0.2) is 59.8 Å². The summed E-state index contributed by atoms with van der Waals surface area (Å²) in [5.41, 5.74) is 5.22. The number of carbonyl (C=O) groups excluding carboxylic acids is 1. The number of hydrogen-bond donors (Lipinski definition) is 2. The van der Waals surface area contributed by atoms with E-state index in [0.29, 0.717) is 18.4 Å². The molecule has 4 nitrogen and oxygen atoms in total. The summed E-state index contributed by atoms with van der Waals surface area (Å²) in [4.78, 5) is 15.0. The van der Waals surface area contributed by atoms with Crippen LogP contribution in [-0.2, 0) is 11.2 Å². The van der Waals surface area contributed by atoms with Gasteiger partial charge in [-0.25, -0.2) is 9.82 Å². The normalized spacial score (nSPS) is 11.2. The van der Waals surface area contributed by atoms with E-state index in [1.807, 2.05) is 30.5 Å². The summed E-state index contributed by atoms with van der Waals surface area (Å²) in [7, 11) is 0. The van der Waals surface area contributed by atoms with Crippen molar-refractivity contribution >= 4 is 23.0 Å². The maximum atomic E-state index is 13.0. The number of aromatic nitrogens is 1. The predicted molar refractivity (Wildman–Crippen MR) is 88.8 cm³/mol. The minimum atomic E-state index is -0.334. The second-order valence-electron chi connectivity index (χ2n) is 5.21. The first-order valence-electron chi connectivity index (χ1n) is 7.35. The zero-order valence-electron chi connectivity index (χ0n) is 12.4. The summed E-state index contributed by atoms with van der Waals surface area (Å²) in [6.07, 6.45) is 4.31. The summed E-state index contributed by atoms with van der Waals surface area (Å²) in [6, 6.07) is 14.0. The van der Waals surface area contributed by atoms with E-state index in [-0.39, 0.29) is 11.7 Å². The molecule has 0 radical (unpaired) electrons. The van der Waals surface area contributed by atoms with Gasteiger partial charge in [-0.15, -0.1) is 0 Å². The van der Waals surface area contributed by atoms with Crippen LogP contribution in [-0.4, -0.2) is 17.1 Å². The lowest BCUT2D eigenvalue weighted by Crippen LogP contribution is -2.17. The van der Waals surface area contributed by atoms with Crippen molar-refractivity contribution in [3.8, 4) is 0 Å². The Morgan fingerprint density at radius 1 is 1.22 bits per heavy atom. The van der Waals surface area contributed by atoms with Gasteiger partial charge in [-0.3, -0.25) is 4.79 Å². The van der Waals surface area contributed by atoms with E-state index in [4.69, 9.17) is 0 Å². The van der Waals surface area contributed by atoms with Gasteiger partial charge in [0.05, 0.1) is 6.21 Å². The number of aromatic amines is 1. The molecule has 1 aromatic heterocycles. The van der Waals surface area contributed by atoms with Gasteiger partial charge in [0.1, 0.15) is 5.82 Å². The molecule has 23 heavy (non-hydrogen) atoms. The third-order valence-electron chi connectivity index (χ3n) is 3.55. The average molecular weight is 309 g/mol. The highest BCUT2D eigenvalue weighted by Crippen LogP contribution is 2.18. The van der Waals surface area contributed by atoms with E-state index >= 15 is 0 Å². The second-order valence-corrected chi connectivity index (χ2v) is 5.21. The fraction of sp³-hybridized carbons (Fsp3) is 0.111. The van der Waals surface area contributed by atoms with E-state index in [1.54, 1.807) is 12.1 Å². The Labute approximate surface area is 133 Å². The van der Waals surface area contributed by atoms with Crippen molar-refractivity contribution < 1.29 is 9.18 Å². The van der Waals surface area contributed by atoms with Gasteiger partial charge in [0.2, 0.25) is 5.91 Å². The molecule has 2 aromatic carbocycles. The molecule has 3 rings (SSSR count). The lowest BCUT2D eigenvalue weighted by molar-refractivity contribution is -0.121. The Kier molecular flexibility index (Phi) is 4.47. The molecule has 0 spiro atoms. The minimum absolute atomic E-state index is 0.178. The Morgan fingerprint density at radius 3 is 2.96 bits per heavy atom. The highest BCUT2D eigenvalue weighted by atomic mass is 19.1. The van der Waals surface area contributed by atoms with Crippen molar-refractivity contribution in [2.75, 3.05) is 0 Å². The average Bonchev–Trinajstić information content (AvgIpc) is 2.96. The van der Waals surface area contributed by atoms with Crippen LogP contribution in [0.2, 0.25) is 0 Å². The largest absolute Gasteiger partial charge is 0.361 e. The van der Waals surface area contributed by atoms with E-state index < -0.39 is 0 Å². The third kappa shape index (κ3) is 3.83. The lowest BCUT2D eigenvalue weighted by Gasteiger charge is -2.00. The van der Waals surface area contributed by atoms with Crippen molar-refractivity contribution in [3.05, 3.63) is 71.7 Å². The van der Waals surface area contributed by atoms with Crippen LogP contribution in [0.25, 0.3) is 10.9 Å². The predicted octanol–water partition coefficient (Wildman–Crippen LogP) is 3.39. The molecule has 116 valence electrons. The number of rotatable bonds is 5. The van der Waals surface area contributed by atoms with Gasteiger partial charge in [0.25, 0.3) is 0 Å². The van der Waals surface area contributed by atoms with Gasteiger partial charge in [0.15, 0.2) is 0 Å². The standard InChI is InChI=1S/C18H16FN3O/c19-15-5-3-4-13(10-15)11-21-22-18(23)9-8-14-12-20-17-7-2-1-6-16(14)17/h1-7,10-12,20H,8-9H2,(H,22,23). The van der Waals surface area contributed by atoms with Crippen LogP contribution in [0.3, 0.4) is 0 Å². The Hall–Kier alpha value is -2.95. The first-order chi connectivity index (χ1) is 11.2. The fourth-order valence-electron chi connectivity index (χ4n) is 2.41. The second kappa shape index (κ2) is 6.87. The molecule has 0 saturated carbocycles. The summed E-state index contributed by atoms with van der Waals surface area (Å²) < 4.78 is 13.0. The first-order valence-corrected chi connectivity index (χ1v) is 7.35. The molecule has 0 saturated heterocycles. The number of nitrogens with zero attached hydrogens (tertiary/aromatic N) is 1. The van der Waals surface area contributed by atoms with Crippen molar-refractivity contribution in [1.82, 2.24) is 10.4 Å². The Balaban J connectivity index is 1.54. The van der Waals surface area contributed by atoms with Crippen LogP contribution in [0.5, 0.6) is 0 Å². The number of hydrogen-bond acceptors (Lipinski definition) is 2. The van der Waals surface area contributed by atoms with Crippen LogP contribution < -0.4 is 5.43 Å². The third-order valence-corrected chi connectivity index (χ3v) is 3.55. The molecule has 1 heterocycles. The zero-order chi connectivity index (χ0) is 16.1. The highest BCUT2D eigenvalue weighted by molar-refractivity contribution is 5.85. The number of para-hydroxylation sites is 1. The van der Waals surface area contributed by atoms with Crippen molar-refractivity contribution in [2.24, 2.45) is 5.10 Å². The number of H-pyrrole nitrogens is 1. The molecule has 5 heteroatoms. The Bertz CT molecular complexity index is 854. The minimum Gasteiger partial charge on any atom is -0.361 e. The maximum absolute atomic E-state index is 13.0. The van der Waals surface area contributed by atoms with Gasteiger partial charge in [-0.05, 0) is 35.7 Å². The quantitative estimate of drug-likeness (QED) is 0.551. The molecule has 0 bridgehead atoms. The lowest BCUT2D eigenvalue weighted by atomic mass is 10.1. The molecule has 2 N–H and O–H groups in total. The molecule has 0 fully saturated rings. The number of fused-ring (bicyclic) bond motifs is 1.